The van der Waals surface area contributed by atoms with Crippen LogP contribution in [0.2, 0.25) is 0 Å². The smallest absolute Gasteiger partial charge is 0.0468 e. The Balaban J connectivity index is 1.09. The van der Waals surface area contributed by atoms with Crippen LogP contribution in [-0.4, -0.2) is 0 Å². The monoisotopic (exact) mass is 697 g/mol. The molecule has 0 saturated heterocycles. The van der Waals surface area contributed by atoms with Crippen LogP contribution in [0.25, 0.3) is 86.9 Å². The van der Waals surface area contributed by atoms with E-state index in [0.29, 0.717) is 0 Å². The Kier molecular flexibility index (Phi) is 7.25. The Bertz CT molecular complexity index is 3220. The molecule has 11 rings (SSSR count). The normalized spacial score (nSPS) is 11.6. The lowest BCUT2D eigenvalue weighted by atomic mass is 9.93. The number of benzene rings is 11. The predicted octanol–water partition coefficient (Wildman–Crippen LogP) is 15.4. The van der Waals surface area contributed by atoms with Crippen LogP contribution in [0, 0.1) is 0 Å². The number of fused-ring (bicyclic) bond motifs is 10. The maximum atomic E-state index is 2.41. The van der Waals surface area contributed by atoms with Gasteiger partial charge in [-0.15, -0.1) is 0 Å². The molecule has 0 spiro atoms. The average Bonchev–Trinajstić information content (AvgIpc) is 3.26. The molecule has 0 fully saturated rings. The number of rotatable bonds is 5. The van der Waals surface area contributed by atoms with Crippen LogP contribution in [0.3, 0.4) is 0 Å². The van der Waals surface area contributed by atoms with Crippen molar-refractivity contribution in [2.45, 2.75) is 0 Å². The lowest BCUT2D eigenvalue weighted by molar-refractivity contribution is 1.29. The molecule has 1 heteroatoms. The molecule has 0 saturated carbocycles. The third-order valence-corrected chi connectivity index (χ3v) is 11.4. The lowest BCUT2D eigenvalue weighted by Crippen LogP contribution is -2.10. The molecule has 0 amide bonds. The quantitative estimate of drug-likeness (QED) is 0.162. The van der Waals surface area contributed by atoms with Gasteiger partial charge in [0.05, 0.1) is 0 Å². The minimum Gasteiger partial charge on any atom is -0.310 e. The minimum absolute atomic E-state index is 1.11. The third-order valence-electron chi connectivity index (χ3n) is 11.4. The van der Waals surface area contributed by atoms with E-state index in [1.807, 2.05) is 0 Å². The third kappa shape index (κ3) is 5.24. The summed E-state index contributed by atoms with van der Waals surface area (Å²) < 4.78 is 0. The van der Waals surface area contributed by atoms with Gasteiger partial charge in [0.25, 0.3) is 0 Å². The highest BCUT2D eigenvalue weighted by molar-refractivity contribution is 6.25. The molecule has 0 heterocycles. The van der Waals surface area contributed by atoms with E-state index in [2.05, 4.69) is 217 Å². The summed E-state index contributed by atoms with van der Waals surface area (Å²) in [5.74, 6) is 0. The van der Waals surface area contributed by atoms with Gasteiger partial charge in [-0.3, -0.25) is 0 Å². The van der Waals surface area contributed by atoms with Crippen LogP contribution in [0.5, 0.6) is 0 Å². The van der Waals surface area contributed by atoms with E-state index in [4.69, 9.17) is 0 Å². The summed E-state index contributed by atoms with van der Waals surface area (Å²) in [4.78, 5) is 2.41. The first-order chi connectivity index (χ1) is 27.3. The van der Waals surface area contributed by atoms with Crippen molar-refractivity contribution in [3.8, 4) is 22.3 Å². The van der Waals surface area contributed by atoms with E-state index < -0.39 is 0 Å². The van der Waals surface area contributed by atoms with E-state index in [1.54, 1.807) is 0 Å². The van der Waals surface area contributed by atoms with E-state index >= 15 is 0 Å². The van der Waals surface area contributed by atoms with Crippen molar-refractivity contribution in [1.82, 2.24) is 0 Å². The standard InChI is InChI=1S/C54H35N/c1-3-16-45-37(11-1)13-10-22-47(45)41-14-9-15-43(33-41)55(44-31-32-52-50-20-6-5-18-48(50)49-19-7-8-21-51(49)54(52)35-44)42-29-27-36(28-30-42)40-26-25-39-24-23-38-12-2-4-17-46(38)53(39)34-40/h1-35H. The summed E-state index contributed by atoms with van der Waals surface area (Å²) in [6, 6.07) is 77.9. The molecule has 0 N–H and O–H groups in total. The predicted molar refractivity (Wildman–Crippen MR) is 237 cm³/mol. The maximum absolute atomic E-state index is 2.41. The Morgan fingerprint density at radius 2 is 0.709 bits per heavy atom. The van der Waals surface area contributed by atoms with E-state index in [0.717, 1.165) is 17.1 Å². The van der Waals surface area contributed by atoms with Crippen molar-refractivity contribution < 1.29 is 0 Å². The van der Waals surface area contributed by atoms with Crippen LogP contribution < -0.4 is 4.90 Å². The molecule has 0 aliphatic carbocycles. The van der Waals surface area contributed by atoms with Crippen molar-refractivity contribution in [3.05, 3.63) is 212 Å². The van der Waals surface area contributed by atoms with Gasteiger partial charge in [-0.25, -0.2) is 0 Å². The van der Waals surface area contributed by atoms with Gasteiger partial charge in [0.2, 0.25) is 0 Å². The Labute approximate surface area is 320 Å². The van der Waals surface area contributed by atoms with E-state index in [-0.39, 0.29) is 0 Å². The van der Waals surface area contributed by atoms with Crippen molar-refractivity contribution in [3.63, 3.8) is 0 Å². The second kappa shape index (κ2) is 12.7. The first-order valence-electron chi connectivity index (χ1n) is 19.0. The number of hydrogen-bond donors (Lipinski definition) is 0. The van der Waals surface area contributed by atoms with Crippen molar-refractivity contribution in [2.24, 2.45) is 0 Å². The molecule has 1 nitrogen and oxygen atoms in total. The van der Waals surface area contributed by atoms with Crippen molar-refractivity contribution in [1.29, 1.82) is 0 Å². The second-order valence-corrected chi connectivity index (χ2v) is 14.5. The molecule has 11 aromatic carbocycles. The van der Waals surface area contributed by atoms with Crippen LogP contribution >= 0.6 is 0 Å². The molecule has 55 heavy (non-hydrogen) atoms. The van der Waals surface area contributed by atoms with Gasteiger partial charge in [0.15, 0.2) is 0 Å². The zero-order valence-electron chi connectivity index (χ0n) is 30.2. The highest BCUT2D eigenvalue weighted by Crippen LogP contribution is 2.43. The largest absolute Gasteiger partial charge is 0.310 e. The fourth-order valence-corrected chi connectivity index (χ4v) is 8.76. The molecule has 11 aromatic rings. The molecular formula is C54H35N. The molecule has 0 aromatic heterocycles. The molecule has 0 unspecified atom stereocenters. The van der Waals surface area contributed by atoms with Crippen LogP contribution in [-0.2, 0) is 0 Å². The molecule has 0 bridgehead atoms. The van der Waals surface area contributed by atoms with Gasteiger partial charge in [-0.05, 0) is 129 Å². The second-order valence-electron chi connectivity index (χ2n) is 14.5. The summed E-state index contributed by atoms with van der Waals surface area (Å²) in [6.07, 6.45) is 0. The van der Waals surface area contributed by atoms with Crippen molar-refractivity contribution >= 4 is 81.7 Å². The SMILES string of the molecule is c1cc(-c2cccc3ccccc23)cc(N(c2ccc(-c3ccc4ccc5ccccc5c4c3)cc2)c2ccc3c4ccccc4c4ccccc4c3c2)c1. The van der Waals surface area contributed by atoms with Gasteiger partial charge in [-0.2, -0.15) is 0 Å². The summed E-state index contributed by atoms with van der Waals surface area (Å²) in [6.45, 7) is 0. The van der Waals surface area contributed by atoms with Gasteiger partial charge >= 0.3 is 0 Å². The molecule has 0 aliphatic rings. The molecule has 256 valence electrons. The fourth-order valence-electron chi connectivity index (χ4n) is 8.76. The number of anilines is 3. The van der Waals surface area contributed by atoms with Crippen LogP contribution in [0.1, 0.15) is 0 Å². The van der Waals surface area contributed by atoms with Gasteiger partial charge in [0, 0.05) is 17.1 Å². The highest BCUT2D eigenvalue weighted by atomic mass is 15.1. The summed E-state index contributed by atoms with van der Waals surface area (Å²) in [5.41, 5.74) is 8.16. The zero-order chi connectivity index (χ0) is 36.3. The highest BCUT2D eigenvalue weighted by Gasteiger charge is 2.17. The Morgan fingerprint density at radius 3 is 1.44 bits per heavy atom. The first-order valence-corrected chi connectivity index (χ1v) is 19.0. The summed E-state index contributed by atoms with van der Waals surface area (Å²) in [7, 11) is 0. The lowest BCUT2D eigenvalue weighted by Gasteiger charge is -2.27. The summed E-state index contributed by atoms with van der Waals surface area (Å²) >= 11 is 0. The fraction of sp³-hybridized carbons (Fsp3) is 0. The molecule has 0 atom stereocenters. The molecule has 0 aliphatic heterocycles. The van der Waals surface area contributed by atoms with Gasteiger partial charge < -0.3 is 4.90 Å². The van der Waals surface area contributed by atoms with E-state index in [1.165, 1.54) is 86.9 Å². The van der Waals surface area contributed by atoms with Crippen molar-refractivity contribution in [2.75, 3.05) is 4.90 Å². The van der Waals surface area contributed by atoms with Crippen LogP contribution in [0.4, 0.5) is 17.1 Å². The minimum atomic E-state index is 1.11. The maximum Gasteiger partial charge on any atom is 0.0468 e. The molecular weight excluding hydrogens is 663 g/mol. The first kappa shape index (κ1) is 31.3. The van der Waals surface area contributed by atoms with Crippen LogP contribution in [0.15, 0.2) is 212 Å². The number of hydrogen-bond acceptors (Lipinski definition) is 1. The van der Waals surface area contributed by atoms with Gasteiger partial charge in [0.1, 0.15) is 0 Å². The Hall–Kier alpha value is -7.22. The van der Waals surface area contributed by atoms with Gasteiger partial charge in [-0.1, -0.05) is 170 Å². The summed E-state index contributed by atoms with van der Waals surface area (Å²) in [5, 5.41) is 15.2. The number of nitrogens with zero attached hydrogens (tertiary/aromatic N) is 1. The zero-order valence-corrected chi connectivity index (χ0v) is 30.2. The average molecular weight is 698 g/mol. The van der Waals surface area contributed by atoms with E-state index in [9.17, 15) is 0 Å². The topological polar surface area (TPSA) is 3.24 Å². The Morgan fingerprint density at radius 1 is 0.218 bits per heavy atom. The molecule has 0 radical (unpaired) electrons.